The summed E-state index contributed by atoms with van der Waals surface area (Å²) in [5.41, 5.74) is 0.961. The summed E-state index contributed by atoms with van der Waals surface area (Å²) in [6.45, 7) is 7.36. The highest BCUT2D eigenvalue weighted by Gasteiger charge is 2.23. The summed E-state index contributed by atoms with van der Waals surface area (Å²) in [6.07, 6.45) is 0. The van der Waals surface area contributed by atoms with Crippen molar-refractivity contribution in [3.63, 3.8) is 0 Å². The van der Waals surface area contributed by atoms with Crippen molar-refractivity contribution >= 4 is 21.6 Å². The molecule has 0 amide bonds. The normalized spacial score (nSPS) is 12.0. The van der Waals surface area contributed by atoms with Gasteiger partial charge in [-0.1, -0.05) is 6.92 Å². The van der Waals surface area contributed by atoms with Crippen LogP contribution in [0.3, 0.4) is 0 Å². The van der Waals surface area contributed by atoms with Crippen molar-refractivity contribution in [2.45, 2.75) is 26.3 Å². The van der Waals surface area contributed by atoms with Crippen LogP contribution in [0.15, 0.2) is 18.2 Å². The second-order valence-corrected chi connectivity index (χ2v) is 5.54. The molecule has 1 aromatic heterocycles. The summed E-state index contributed by atoms with van der Waals surface area (Å²) < 4.78 is 6.40. The van der Waals surface area contributed by atoms with Crippen LogP contribution >= 0.6 is 11.3 Å². The highest BCUT2D eigenvalue weighted by molar-refractivity contribution is 7.18. The van der Waals surface area contributed by atoms with E-state index in [9.17, 15) is 0 Å². The zero-order chi connectivity index (χ0) is 12.5. The van der Waals surface area contributed by atoms with Crippen LogP contribution in [0.25, 0.3) is 10.2 Å². The lowest BCUT2D eigenvalue weighted by Crippen LogP contribution is -2.36. The molecule has 0 aliphatic carbocycles. The minimum absolute atomic E-state index is 0.0777. The van der Waals surface area contributed by atoms with Gasteiger partial charge in [-0.05, 0) is 38.6 Å². The third-order valence-electron chi connectivity index (χ3n) is 2.75. The third kappa shape index (κ3) is 2.42. The summed E-state index contributed by atoms with van der Waals surface area (Å²) in [5.74, 6) is 0.883. The molecule has 0 unspecified atom stereocenters. The number of thiazole rings is 1. The van der Waals surface area contributed by atoms with Gasteiger partial charge >= 0.3 is 0 Å². The van der Waals surface area contributed by atoms with Crippen molar-refractivity contribution in [2.24, 2.45) is 0 Å². The molecule has 4 heteroatoms. The number of rotatable bonds is 4. The molecule has 0 aliphatic rings. The molecular weight excluding hydrogens is 232 g/mol. The Bertz CT molecular complexity index is 519. The van der Waals surface area contributed by atoms with E-state index in [1.165, 1.54) is 4.70 Å². The van der Waals surface area contributed by atoms with E-state index in [1.807, 2.05) is 18.2 Å². The summed E-state index contributed by atoms with van der Waals surface area (Å²) in [6, 6.07) is 6.00. The summed E-state index contributed by atoms with van der Waals surface area (Å²) in [4.78, 5) is 4.68. The molecule has 1 aromatic carbocycles. The number of nitrogens with zero attached hydrogens (tertiary/aromatic N) is 1. The fourth-order valence-corrected chi connectivity index (χ4v) is 2.89. The number of hydrogen-bond acceptors (Lipinski definition) is 4. The van der Waals surface area contributed by atoms with Gasteiger partial charge in [-0.25, -0.2) is 4.98 Å². The molecule has 92 valence electrons. The van der Waals surface area contributed by atoms with Crippen LogP contribution in [0.1, 0.15) is 25.8 Å². The monoisotopic (exact) mass is 250 g/mol. The highest BCUT2D eigenvalue weighted by atomic mass is 32.1. The van der Waals surface area contributed by atoms with Crippen LogP contribution in [0, 0.1) is 0 Å². The first-order valence-corrected chi connectivity index (χ1v) is 6.58. The highest BCUT2D eigenvalue weighted by Crippen LogP contribution is 2.31. The molecule has 0 radical (unpaired) electrons. The number of ether oxygens (including phenoxy) is 1. The van der Waals surface area contributed by atoms with E-state index in [1.54, 1.807) is 18.4 Å². The number of methoxy groups -OCH3 is 1. The molecule has 0 saturated heterocycles. The van der Waals surface area contributed by atoms with Crippen LogP contribution in [0.2, 0.25) is 0 Å². The average Bonchev–Trinajstić information content (AvgIpc) is 2.72. The van der Waals surface area contributed by atoms with Crippen LogP contribution in [0.4, 0.5) is 0 Å². The summed E-state index contributed by atoms with van der Waals surface area (Å²) >= 11 is 1.72. The molecule has 0 aliphatic heterocycles. The lowest BCUT2D eigenvalue weighted by Gasteiger charge is -2.22. The predicted octanol–water partition coefficient (Wildman–Crippen LogP) is 3.15. The van der Waals surface area contributed by atoms with Gasteiger partial charge in [-0.3, -0.25) is 0 Å². The number of aromatic nitrogens is 1. The number of nitrogens with one attached hydrogen (secondary N) is 1. The van der Waals surface area contributed by atoms with Crippen molar-refractivity contribution in [3.8, 4) is 5.75 Å². The molecule has 2 aromatic rings. The van der Waals surface area contributed by atoms with Gasteiger partial charge in [0, 0.05) is 0 Å². The standard InChI is InChI=1S/C13H18N2OS/c1-5-14-13(2,3)12-15-10-7-6-9(16-4)8-11(10)17-12/h6-8,14H,5H2,1-4H3. The van der Waals surface area contributed by atoms with Crippen molar-refractivity contribution in [1.82, 2.24) is 10.3 Å². The van der Waals surface area contributed by atoms with Gasteiger partial charge in [0.05, 0.1) is 22.9 Å². The lowest BCUT2D eigenvalue weighted by atomic mass is 10.1. The Balaban J connectivity index is 2.44. The SMILES string of the molecule is CCNC(C)(C)c1nc2ccc(OC)cc2s1. The van der Waals surface area contributed by atoms with E-state index < -0.39 is 0 Å². The smallest absolute Gasteiger partial charge is 0.120 e. The summed E-state index contributed by atoms with van der Waals surface area (Å²) in [5, 5.41) is 4.56. The fraction of sp³-hybridized carbons (Fsp3) is 0.462. The van der Waals surface area contributed by atoms with E-state index in [-0.39, 0.29) is 5.54 Å². The van der Waals surface area contributed by atoms with Crippen molar-refractivity contribution in [1.29, 1.82) is 0 Å². The topological polar surface area (TPSA) is 34.2 Å². The molecule has 0 atom stereocenters. The molecular formula is C13H18N2OS. The Kier molecular flexibility index (Phi) is 3.35. The maximum absolute atomic E-state index is 5.23. The average molecular weight is 250 g/mol. The van der Waals surface area contributed by atoms with Gasteiger partial charge in [0.15, 0.2) is 0 Å². The zero-order valence-electron chi connectivity index (χ0n) is 10.7. The van der Waals surface area contributed by atoms with E-state index >= 15 is 0 Å². The van der Waals surface area contributed by atoms with Crippen molar-refractivity contribution in [2.75, 3.05) is 13.7 Å². The van der Waals surface area contributed by atoms with Gasteiger partial charge in [-0.2, -0.15) is 0 Å². The summed E-state index contributed by atoms with van der Waals surface area (Å²) in [7, 11) is 1.69. The zero-order valence-corrected chi connectivity index (χ0v) is 11.5. The first-order chi connectivity index (χ1) is 8.06. The van der Waals surface area contributed by atoms with Gasteiger partial charge in [0.1, 0.15) is 10.8 Å². The maximum Gasteiger partial charge on any atom is 0.120 e. The number of fused-ring (bicyclic) bond motifs is 1. The Morgan fingerprint density at radius 2 is 2.18 bits per heavy atom. The van der Waals surface area contributed by atoms with E-state index in [0.29, 0.717) is 0 Å². The molecule has 0 spiro atoms. The Morgan fingerprint density at radius 1 is 1.41 bits per heavy atom. The fourth-order valence-electron chi connectivity index (χ4n) is 1.82. The Hall–Kier alpha value is -1.13. The van der Waals surface area contributed by atoms with Crippen molar-refractivity contribution < 1.29 is 4.74 Å². The second-order valence-electron chi connectivity index (χ2n) is 4.51. The third-order valence-corrected chi connectivity index (χ3v) is 4.09. The van der Waals surface area contributed by atoms with E-state index in [0.717, 1.165) is 22.8 Å². The van der Waals surface area contributed by atoms with E-state index in [2.05, 4.69) is 31.1 Å². The van der Waals surface area contributed by atoms with Gasteiger partial charge in [0.2, 0.25) is 0 Å². The molecule has 3 nitrogen and oxygen atoms in total. The minimum atomic E-state index is -0.0777. The quantitative estimate of drug-likeness (QED) is 0.905. The predicted molar refractivity (Wildman–Crippen MR) is 72.9 cm³/mol. The molecule has 1 heterocycles. The number of benzene rings is 1. The van der Waals surface area contributed by atoms with Gasteiger partial charge < -0.3 is 10.1 Å². The van der Waals surface area contributed by atoms with Gasteiger partial charge in [-0.15, -0.1) is 11.3 Å². The first kappa shape index (κ1) is 12.3. The molecule has 0 bridgehead atoms. The molecule has 2 rings (SSSR count). The molecule has 1 N–H and O–H groups in total. The van der Waals surface area contributed by atoms with Crippen molar-refractivity contribution in [3.05, 3.63) is 23.2 Å². The van der Waals surface area contributed by atoms with Gasteiger partial charge in [0.25, 0.3) is 0 Å². The number of hydrogen-bond donors (Lipinski definition) is 1. The van der Waals surface area contributed by atoms with Crippen LogP contribution in [-0.2, 0) is 5.54 Å². The molecule has 0 fully saturated rings. The lowest BCUT2D eigenvalue weighted by molar-refractivity contribution is 0.414. The van der Waals surface area contributed by atoms with Crippen LogP contribution in [0.5, 0.6) is 5.75 Å². The van der Waals surface area contributed by atoms with E-state index in [4.69, 9.17) is 4.74 Å². The Labute approximate surface area is 106 Å². The largest absolute Gasteiger partial charge is 0.497 e. The van der Waals surface area contributed by atoms with Crippen LogP contribution < -0.4 is 10.1 Å². The molecule has 0 saturated carbocycles. The van der Waals surface area contributed by atoms with Crippen LogP contribution in [-0.4, -0.2) is 18.6 Å². The Morgan fingerprint density at radius 3 is 2.82 bits per heavy atom. The maximum atomic E-state index is 5.23. The second kappa shape index (κ2) is 4.63. The minimum Gasteiger partial charge on any atom is -0.497 e. The molecule has 17 heavy (non-hydrogen) atoms. The first-order valence-electron chi connectivity index (χ1n) is 5.77.